The Balaban J connectivity index is 1.73. The first kappa shape index (κ1) is 18.0. The third-order valence-electron chi connectivity index (χ3n) is 4.12. The molecule has 6 heteroatoms. The minimum atomic E-state index is -0.360. The van der Waals surface area contributed by atoms with Crippen molar-refractivity contribution in [1.29, 1.82) is 0 Å². The Hall–Kier alpha value is -1.82. The summed E-state index contributed by atoms with van der Waals surface area (Å²) >= 11 is 6.08. The molecule has 2 aromatic rings. The second-order valence-electron chi connectivity index (χ2n) is 5.82. The van der Waals surface area contributed by atoms with E-state index in [0.717, 1.165) is 38.4 Å². The molecular weight excluding hydrogens is 345 g/mol. The van der Waals surface area contributed by atoms with Gasteiger partial charge in [-0.2, -0.15) is 0 Å². The average molecular weight is 366 g/mol. The molecule has 0 saturated carbocycles. The van der Waals surface area contributed by atoms with Crippen molar-refractivity contribution < 1.29 is 18.6 Å². The average Bonchev–Trinajstić information content (AvgIpc) is 2.62. The fraction of sp³-hybridized carbons (Fsp3) is 0.368. The molecule has 0 amide bonds. The first-order valence-corrected chi connectivity index (χ1v) is 8.61. The Bertz CT molecular complexity index is 720. The SMILES string of the molecule is COc1ccc(Cl)cc1-c1cc(F)cc(OCCN2CCOCC2)c1. The maximum atomic E-state index is 14.1. The maximum Gasteiger partial charge on any atom is 0.127 e. The number of halogens is 2. The number of morpholine rings is 1. The van der Waals surface area contributed by atoms with E-state index in [2.05, 4.69) is 4.90 Å². The van der Waals surface area contributed by atoms with Crippen molar-refractivity contribution in [3.05, 3.63) is 47.2 Å². The first-order chi connectivity index (χ1) is 12.2. The van der Waals surface area contributed by atoms with Crippen LogP contribution in [-0.4, -0.2) is 51.5 Å². The molecule has 1 fully saturated rings. The number of hydrogen-bond donors (Lipinski definition) is 0. The Morgan fingerprint density at radius 3 is 2.72 bits per heavy atom. The van der Waals surface area contributed by atoms with E-state index in [9.17, 15) is 4.39 Å². The maximum absolute atomic E-state index is 14.1. The van der Waals surface area contributed by atoms with Gasteiger partial charge in [0.2, 0.25) is 0 Å². The van der Waals surface area contributed by atoms with Crippen LogP contribution in [-0.2, 0) is 4.74 Å². The molecule has 1 aliphatic heterocycles. The summed E-state index contributed by atoms with van der Waals surface area (Å²) in [5, 5.41) is 0.565. The molecule has 134 valence electrons. The van der Waals surface area contributed by atoms with Crippen LogP contribution in [0.1, 0.15) is 0 Å². The first-order valence-electron chi connectivity index (χ1n) is 8.23. The van der Waals surface area contributed by atoms with Crippen LogP contribution in [0.2, 0.25) is 5.02 Å². The lowest BCUT2D eigenvalue weighted by Gasteiger charge is -2.26. The van der Waals surface area contributed by atoms with Crippen molar-refractivity contribution in [2.24, 2.45) is 0 Å². The molecule has 0 radical (unpaired) electrons. The molecule has 0 aliphatic carbocycles. The van der Waals surface area contributed by atoms with Crippen molar-refractivity contribution in [3.63, 3.8) is 0 Å². The van der Waals surface area contributed by atoms with Gasteiger partial charge in [-0.25, -0.2) is 4.39 Å². The molecule has 0 bridgehead atoms. The Morgan fingerprint density at radius 1 is 1.16 bits per heavy atom. The number of benzene rings is 2. The van der Waals surface area contributed by atoms with E-state index in [1.807, 2.05) is 0 Å². The van der Waals surface area contributed by atoms with Crippen LogP contribution in [0.3, 0.4) is 0 Å². The zero-order valence-electron chi connectivity index (χ0n) is 14.1. The summed E-state index contributed by atoms with van der Waals surface area (Å²) in [5.41, 5.74) is 1.40. The number of rotatable bonds is 6. The van der Waals surface area contributed by atoms with E-state index in [4.69, 9.17) is 25.8 Å². The van der Waals surface area contributed by atoms with Crippen LogP contribution in [0, 0.1) is 5.82 Å². The molecule has 1 aliphatic rings. The fourth-order valence-corrected chi connectivity index (χ4v) is 3.00. The van der Waals surface area contributed by atoms with Gasteiger partial charge in [0.05, 0.1) is 20.3 Å². The van der Waals surface area contributed by atoms with Gasteiger partial charge in [0.15, 0.2) is 0 Å². The summed E-state index contributed by atoms with van der Waals surface area (Å²) < 4.78 is 30.5. The molecule has 4 nitrogen and oxygen atoms in total. The summed E-state index contributed by atoms with van der Waals surface area (Å²) in [6, 6.07) is 9.90. The van der Waals surface area contributed by atoms with Gasteiger partial charge >= 0.3 is 0 Å². The summed E-state index contributed by atoms with van der Waals surface area (Å²) in [6.07, 6.45) is 0. The van der Waals surface area contributed by atoms with Crippen molar-refractivity contribution in [3.8, 4) is 22.6 Å². The van der Waals surface area contributed by atoms with Crippen molar-refractivity contribution >= 4 is 11.6 Å². The highest BCUT2D eigenvalue weighted by atomic mass is 35.5. The quantitative estimate of drug-likeness (QED) is 0.777. The summed E-state index contributed by atoms with van der Waals surface area (Å²) in [6.45, 7) is 4.58. The van der Waals surface area contributed by atoms with E-state index in [-0.39, 0.29) is 5.82 Å². The van der Waals surface area contributed by atoms with Gasteiger partial charge in [-0.05, 0) is 35.9 Å². The van der Waals surface area contributed by atoms with Crippen LogP contribution >= 0.6 is 11.6 Å². The smallest absolute Gasteiger partial charge is 0.127 e. The molecule has 0 spiro atoms. The lowest BCUT2D eigenvalue weighted by atomic mass is 10.0. The van der Waals surface area contributed by atoms with Gasteiger partial charge in [-0.3, -0.25) is 4.90 Å². The highest BCUT2D eigenvalue weighted by molar-refractivity contribution is 6.31. The third kappa shape index (κ3) is 4.84. The fourth-order valence-electron chi connectivity index (χ4n) is 2.82. The van der Waals surface area contributed by atoms with Gasteiger partial charge < -0.3 is 14.2 Å². The molecule has 0 unspecified atom stereocenters. The van der Waals surface area contributed by atoms with Crippen molar-refractivity contribution in [2.75, 3.05) is 46.6 Å². The molecular formula is C19H21ClFNO3. The van der Waals surface area contributed by atoms with E-state index < -0.39 is 0 Å². The zero-order valence-corrected chi connectivity index (χ0v) is 14.9. The molecule has 0 aromatic heterocycles. The number of hydrogen-bond acceptors (Lipinski definition) is 4. The molecule has 0 N–H and O–H groups in total. The highest BCUT2D eigenvalue weighted by Crippen LogP contribution is 2.34. The summed E-state index contributed by atoms with van der Waals surface area (Å²) in [4.78, 5) is 2.27. The van der Waals surface area contributed by atoms with Gasteiger partial charge in [0, 0.05) is 36.3 Å². The number of methoxy groups -OCH3 is 1. The molecule has 3 rings (SSSR count). The minimum Gasteiger partial charge on any atom is -0.496 e. The van der Waals surface area contributed by atoms with E-state index in [1.54, 1.807) is 31.4 Å². The molecule has 25 heavy (non-hydrogen) atoms. The molecule has 2 aromatic carbocycles. The lowest BCUT2D eigenvalue weighted by molar-refractivity contribution is 0.0322. The largest absolute Gasteiger partial charge is 0.496 e. The van der Waals surface area contributed by atoms with Gasteiger partial charge in [-0.1, -0.05) is 11.6 Å². The van der Waals surface area contributed by atoms with Crippen LogP contribution in [0.4, 0.5) is 4.39 Å². The lowest BCUT2D eigenvalue weighted by Crippen LogP contribution is -2.38. The van der Waals surface area contributed by atoms with E-state index >= 15 is 0 Å². The van der Waals surface area contributed by atoms with Crippen LogP contribution in [0.25, 0.3) is 11.1 Å². The zero-order chi connectivity index (χ0) is 17.6. The molecule has 1 saturated heterocycles. The van der Waals surface area contributed by atoms with Crippen molar-refractivity contribution in [2.45, 2.75) is 0 Å². The summed E-state index contributed by atoms with van der Waals surface area (Å²) in [5.74, 6) is 0.764. The molecule has 0 atom stereocenters. The second-order valence-corrected chi connectivity index (χ2v) is 6.26. The standard InChI is InChI=1S/C19H21ClFNO3/c1-23-19-3-2-15(20)12-18(19)14-10-16(21)13-17(11-14)25-9-6-22-4-7-24-8-5-22/h2-3,10-13H,4-9H2,1H3. The van der Waals surface area contributed by atoms with Crippen molar-refractivity contribution in [1.82, 2.24) is 4.90 Å². The minimum absolute atomic E-state index is 0.360. The number of nitrogens with zero attached hydrogens (tertiary/aromatic N) is 1. The summed E-state index contributed by atoms with van der Waals surface area (Å²) in [7, 11) is 1.58. The predicted molar refractivity (Wildman–Crippen MR) is 96.2 cm³/mol. The van der Waals surface area contributed by atoms with Crippen LogP contribution in [0.15, 0.2) is 36.4 Å². The van der Waals surface area contributed by atoms with Gasteiger partial charge in [-0.15, -0.1) is 0 Å². The topological polar surface area (TPSA) is 30.9 Å². The second kappa shape index (κ2) is 8.52. The van der Waals surface area contributed by atoms with Gasteiger partial charge in [0.1, 0.15) is 23.9 Å². The normalized spacial score (nSPS) is 15.2. The third-order valence-corrected chi connectivity index (χ3v) is 4.36. The van der Waals surface area contributed by atoms with E-state index in [0.29, 0.717) is 28.7 Å². The Labute approximate surface area is 152 Å². The molecule has 1 heterocycles. The van der Waals surface area contributed by atoms with Crippen LogP contribution < -0.4 is 9.47 Å². The number of ether oxygens (including phenoxy) is 3. The van der Waals surface area contributed by atoms with E-state index in [1.165, 1.54) is 12.1 Å². The van der Waals surface area contributed by atoms with Gasteiger partial charge in [0.25, 0.3) is 0 Å². The highest BCUT2D eigenvalue weighted by Gasteiger charge is 2.12. The Morgan fingerprint density at radius 2 is 1.96 bits per heavy atom. The van der Waals surface area contributed by atoms with Crippen LogP contribution in [0.5, 0.6) is 11.5 Å². The predicted octanol–water partition coefficient (Wildman–Crippen LogP) is 3.87. The Kier molecular flexibility index (Phi) is 6.13. The monoisotopic (exact) mass is 365 g/mol.